The lowest BCUT2D eigenvalue weighted by atomic mass is 10.1. The van der Waals surface area contributed by atoms with E-state index in [0.717, 1.165) is 78.8 Å². The Kier molecular flexibility index (Phi) is 8.82. The molecule has 4 heterocycles. The van der Waals surface area contributed by atoms with E-state index in [1.807, 2.05) is 42.5 Å². The van der Waals surface area contributed by atoms with Gasteiger partial charge in [0, 0.05) is 37.1 Å². The fourth-order valence-corrected chi connectivity index (χ4v) is 5.80. The highest BCUT2D eigenvalue weighted by molar-refractivity contribution is 7.17. The zero-order valence-corrected chi connectivity index (χ0v) is 23.6. The maximum absolute atomic E-state index is 12.9. The Bertz CT molecular complexity index is 1490. The Morgan fingerprint density at radius 3 is 2.85 bits per heavy atom. The summed E-state index contributed by atoms with van der Waals surface area (Å²) in [6, 6.07) is 19.9. The van der Waals surface area contributed by atoms with E-state index in [1.165, 1.54) is 16.9 Å². The molecule has 0 unspecified atom stereocenters. The number of benzene rings is 2. The van der Waals surface area contributed by atoms with Gasteiger partial charge in [-0.25, -0.2) is 9.97 Å². The predicted molar refractivity (Wildman–Crippen MR) is 159 cm³/mol. The van der Waals surface area contributed by atoms with Gasteiger partial charge in [0.15, 0.2) is 6.79 Å². The highest BCUT2D eigenvalue weighted by Gasteiger charge is 2.14. The van der Waals surface area contributed by atoms with Gasteiger partial charge in [-0.3, -0.25) is 9.69 Å². The summed E-state index contributed by atoms with van der Waals surface area (Å²) in [4.78, 5) is 26.0. The van der Waals surface area contributed by atoms with Gasteiger partial charge in [0.05, 0.1) is 35.3 Å². The Morgan fingerprint density at radius 2 is 1.93 bits per heavy atom. The second kappa shape index (κ2) is 13.2. The number of aromatic nitrogens is 2. The highest BCUT2D eigenvalue weighted by Crippen LogP contribution is 2.28. The van der Waals surface area contributed by atoms with Crippen molar-refractivity contribution in [2.45, 2.75) is 26.0 Å². The van der Waals surface area contributed by atoms with Gasteiger partial charge in [0.25, 0.3) is 5.91 Å². The van der Waals surface area contributed by atoms with Gasteiger partial charge in [0.1, 0.15) is 5.75 Å². The van der Waals surface area contributed by atoms with E-state index in [-0.39, 0.29) is 12.7 Å². The van der Waals surface area contributed by atoms with Crippen LogP contribution in [0.1, 0.15) is 32.8 Å². The van der Waals surface area contributed by atoms with E-state index in [1.54, 1.807) is 6.20 Å². The van der Waals surface area contributed by atoms with E-state index in [4.69, 9.17) is 19.2 Å². The number of ether oxygens (including phenoxy) is 3. The summed E-state index contributed by atoms with van der Waals surface area (Å²) in [5.74, 6) is 1.21. The van der Waals surface area contributed by atoms with Crippen LogP contribution in [-0.4, -0.2) is 60.4 Å². The van der Waals surface area contributed by atoms with Gasteiger partial charge in [-0.15, -0.1) is 11.3 Å². The number of aryl methyl sites for hydroxylation is 1. The maximum atomic E-state index is 12.9. The molecule has 0 aliphatic carbocycles. The fraction of sp³-hybridized carbons (Fsp3) is 0.323. The van der Waals surface area contributed by atoms with Gasteiger partial charge >= 0.3 is 0 Å². The van der Waals surface area contributed by atoms with Crippen molar-refractivity contribution in [1.82, 2.24) is 20.2 Å². The minimum Gasteiger partial charge on any atom is -0.467 e. The molecule has 0 spiro atoms. The molecule has 0 atom stereocenters. The molecule has 2 aromatic carbocycles. The zero-order chi connectivity index (χ0) is 27.9. The van der Waals surface area contributed by atoms with Crippen molar-refractivity contribution in [2.75, 3.05) is 45.0 Å². The van der Waals surface area contributed by atoms with Gasteiger partial charge in [0.2, 0.25) is 5.95 Å². The van der Waals surface area contributed by atoms with Crippen LogP contribution in [0.25, 0.3) is 10.6 Å². The summed E-state index contributed by atoms with van der Waals surface area (Å²) in [6.07, 6.45) is 3.86. The van der Waals surface area contributed by atoms with Crippen molar-refractivity contribution in [3.05, 3.63) is 88.4 Å². The summed E-state index contributed by atoms with van der Waals surface area (Å²) >= 11 is 1.41. The van der Waals surface area contributed by atoms with Gasteiger partial charge < -0.3 is 24.8 Å². The standard InChI is InChI=1S/C31H33N5O4S/c37-30(33-19-23-6-7-24-20-39-21-40-27(24)18-23)29-9-8-28(41-29)26-10-11-32-31(35-26)34-25-5-1-3-22(17-25)4-2-12-36-13-15-38-16-14-36/h1,3,5-11,17-18H,2,4,12-16,19-21H2,(H,33,37)(H,32,34,35). The van der Waals surface area contributed by atoms with E-state index in [2.05, 4.69) is 38.7 Å². The molecule has 1 saturated heterocycles. The monoisotopic (exact) mass is 571 g/mol. The molecule has 2 aliphatic heterocycles. The first-order valence-corrected chi connectivity index (χ1v) is 14.7. The molecule has 0 radical (unpaired) electrons. The second-order valence-electron chi connectivity index (χ2n) is 10.0. The van der Waals surface area contributed by atoms with Gasteiger partial charge in [-0.2, -0.15) is 0 Å². The first-order valence-electron chi connectivity index (χ1n) is 13.9. The molecule has 4 aromatic rings. The van der Waals surface area contributed by atoms with Gasteiger partial charge in [-0.1, -0.05) is 24.3 Å². The Hall–Kier alpha value is -3.83. The number of hydrogen-bond acceptors (Lipinski definition) is 9. The molecule has 0 saturated carbocycles. The number of amides is 1. The third-order valence-corrected chi connectivity index (χ3v) is 8.21. The van der Waals surface area contributed by atoms with Crippen LogP contribution in [-0.2, 0) is 29.0 Å². The van der Waals surface area contributed by atoms with E-state index in [9.17, 15) is 4.79 Å². The number of rotatable bonds is 10. The molecule has 6 rings (SSSR count). The number of nitrogens with one attached hydrogen (secondary N) is 2. The molecule has 2 aliphatic rings. The van der Waals surface area contributed by atoms with Crippen molar-refractivity contribution in [3.8, 4) is 16.3 Å². The van der Waals surface area contributed by atoms with Crippen molar-refractivity contribution in [1.29, 1.82) is 0 Å². The topological polar surface area (TPSA) is 97.8 Å². The van der Waals surface area contributed by atoms with Gasteiger partial charge in [-0.05, 0) is 66.9 Å². The average molecular weight is 572 g/mol. The lowest BCUT2D eigenvalue weighted by molar-refractivity contribution is -0.0164. The summed E-state index contributed by atoms with van der Waals surface area (Å²) in [6.45, 7) is 6.01. The Labute approximate surface area is 243 Å². The summed E-state index contributed by atoms with van der Waals surface area (Å²) in [5, 5.41) is 6.34. The summed E-state index contributed by atoms with van der Waals surface area (Å²) < 4.78 is 16.3. The van der Waals surface area contributed by atoms with E-state index in [0.29, 0.717) is 24.0 Å². The number of nitrogens with zero attached hydrogens (tertiary/aromatic N) is 3. The average Bonchev–Trinajstić information content (AvgIpc) is 3.52. The maximum Gasteiger partial charge on any atom is 0.261 e. The third kappa shape index (κ3) is 7.28. The molecule has 2 N–H and O–H groups in total. The van der Waals surface area contributed by atoms with Crippen molar-refractivity contribution in [3.63, 3.8) is 0 Å². The van der Waals surface area contributed by atoms with Crippen LogP contribution in [0, 0.1) is 0 Å². The molecule has 1 fully saturated rings. The molecular formula is C31H33N5O4S. The number of hydrogen-bond donors (Lipinski definition) is 2. The van der Waals surface area contributed by atoms with Crippen molar-refractivity contribution >= 4 is 28.9 Å². The minimum absolute atomic E-state index is 0.124. The number of fused-ring (bicyclic) bond motifs is 1. The summed E-state index contributed by atoms with van der Waals surface area (Å²) in [7, 11) is 0. The zero-order valence-electron chi connectivity index (χ0n) is 22.8. The predicted octanol–water partition coefficient (Wildman–Crippen LogP) is 5.01. The number of morpholine rings is 1. The number of carbonyl (C=O) groups excluding carboxylic acids is 1. The molecule has 41 heavy (non-hydrogen) atoms. The number of thiophene rings is 1. The quantitative estimate of drug-likeness (QED) is 0.274. The largest absolute Gasteiger partial charge is 0.467 e. The van der Waals surface area contributed by atoms with Crippen LogP contribution in [0.4, 0.5) is 11.6 Å². The smallest absolute Gasteiger partial charge is 0.261 e. The van der Waals surface area contributed by atoms with Crippen LogP contribution < -0.4 is 15.4 Å². The molecular weight excluding hydrogens is 538 g/mol. The Balaban J connectivity index is 1.04. The number of carbonyl (C=O) groups is 1. The molecule has 9 nitrogen and oxygen atoms in total. The molecule has 10 heteroatoms. The van der Waals surface area contributed by atoms with Crippen molar-refractivity contribution < 1.29 is 19.0 Å². The first kappa shape index (κ1) is 27.3. The molecule has 1 amide bonds. The van der Waals surface area contributed by atoms with Crippen molar-refractivity contribution in [2.24, 2.45) is 0 Å². The van der Waals surface area contributed by atoms with Crippen LogP contribution in [0.3, 0.4) is 0 Å². The van der Waals surface area contributed by atoms with E-state index >= 15 is 0 Å². The van der Waals surface area contributed by atoms with Crippen LogP contribution >= 0.6 is 11.3 Å². The lowest BCUT2D eigenvalue weighted by Crippen LogP contribution is -2.36. The van der Waals surface area contributed by atoms with E-state index < -0.39 is 0 Å². The van der Waals surface area contributed by atoms with Crippen LogP contribution in [0.15, 0.2) is 66.9 Å². The SMILES string of the molecule is O=C(NCc1ccc2c(c1)OCOC2)c1ccc(-c2ccnc(Nc3cccc(CCCN4CCOCC4)c3)n2)s1. The second-order valence-corrected chi connectivity index (χ2v) is 11.1. The Morgan fingerprint density at radius 1 is 1.00 bits per heavy atom. The summed E-state index contributed by atoms with van der Waals surface area (Å²) in [5.41, 5.74) is 4.99. The molecule has 212 valence electrons. The molecule has 0 bridgehead atoms. The highest BCUT2D eigenvalue weighted by atomic mass is 32.1. The lowest BCUT2D eigenvalue weighted by Gasteiger charge is -2.26. The first-order chi connectivity index (χ1) is 20.2. The fourth-order valence-electron chi connectivity index (χ4n) is 4.91. The minimum atomic E-state index is -0.124. The number of anilines is 2. The third-order valence-electron chi connectivity index (χ3n) is 7.10. The normalized spacial score (nSPS) is 15.1. The molecule has 2 aromatic heterocycles. The van der Waals surface area contributed by atoms with Crippen LogP contribution in [0.5, 0.6) is 5.75 Å². The van der Waals surface area contributed by atoms with Crippen LogP contribution in [0.2, 0.25) is 0 Å².